The van der Waals surface area contributed by atoms with Gasteiger partial charge in [0.1, 0.15) is 5.82 Å². The Balaban J connectivity index is 2.79. The molecular formula is C12H16FN5O. The highest BCUT2D eigenvalue weighted by Gasteiger charge is 2.31. The zero-order valence-electron chi connectivity index (χ0n) is 10.6. The number of halogens is 1. The molecule has 1 amide bonds. The molecule has 0 bridgehead atoms. The SMILES string of the molecule is CC(Cc1ccccc1F)(NCCN=[N+]=[N-])C(N)=O. The average molecular weight is 265 g/mol. The van der Waals surface area contributed by atoms with Crippen molar-refractivity contribution in [2.24, 2.45) is 10.8 Å². The second-order valence-electron chi connectivity index (χ2n) is 4.35. The van der Waals surface area contributed by atoms with Gasteiger partial charge in [0.15, 0.2) is 0 Å². The zero-order chi connectivity index (χ0) is 14.3. The van der Waals surface area contributed by atoms with E-state index in [1.54, 1.807) is 25.1 Å². The number of benzene rings is 1. The van der Waals surface area contributed by atoms with Gasteiger partial charge >= 0.3 is 0 Å². The molecular weight excluding hydrogens is 249 g/mol. The van der Waals surface area contributed by atoms with E-state index in [0.717, 1.165) is 0 Å². The number of hydrogen-bond donors (Lipinski definition) is 2. The number of hydrogen-bond acceptors (Lipinski definition) is 3. The van der Waals surface area contributed by atoms with E-state index in [1.807, 2.05) is 0 Å². The van der Waals surface area contributed by atoms with E-state index in [-0.39, 0.29) is 25.3 Å². The Morgan fingerprint density at radius 3 is 2.84 bits per heavy atom. The highest BCUT2D eigenvalue weighted by atomic mass is 19.1. The Morgan fingerprint density at radius 1 is 1.58 bits per heavy atom. The number of nitrogens with zero attached hydrogens (tertiary/aromatic N) is 3. The molecule has 0 heterocycles. The van der Waals surface area contributed by atoms with Gasteiger partial charge in [-0.25, -0.2) is 4.39 Å². The van der Waals surface area contributed by atoms with Gasteiger partial charge in [-0.1, -0.05) is 23.3 Å². The minimum absolute atomic E-state index is 0.130. The van der Waals surface area contributed by atoms with Crippen LogP contribution in [0.25, 0.3) is 10.4 Å². The Kier molecular flexibility index (Phi) is 5.29. The van der Waals surface area contributed by atoms with Crippen molar-refractivity contribution in [2.45, 2.75) is 18.9 Å². The van der Waals surface area contributed by atoms with Crippen LogP contribution in [0.3, 0.4) is 0 Å². The van der Waals surface area contributed by atoms with Crippen molar-refractivity contribution in [3.63, 3.8) is 0 Å². The monoisotopic (exact) mass is 265 g/mol. The maximum atomic E-state index is 13.6. The fourth-order valence-corrected chi connectivity index (χ4v) is 1.69. The maximum absolute atomic E-state index is 13.6. The van der Waals surface area contributed by atoms with Gasteiger partial charge in [-0.15, -0.1) is 0 Å². The van der Waals surface area contributed by atoms with Crippen LogP contribution in [-0.4, -0.2) is 24.5 Å². The van der Waals surface area contributed by atoms with E-state index in [4.69, 9.17) is 11.3 Å². The first-order valence-electron chi connectivity index (χ1n) is 5.79. The Morgan fingerprint density at radius 2 is 2.26 bits per heavy atom. The second-order valence-corrected chi connectivity index (χ2v) is 4.35. The van der Waals surface area contributed by atoms with Crippen LogP contribution in [-0.2, 0) is 11.2 Å². The summed E-state index contributed by atoms with van der Waals surface area (Å²) in [7, 11) is 0. The smallest absolute Gasteiger partial charge is 0.237 e. The predicted molar refractivity (Wildman–Crippen MR) is 69.7 cm³/mol. The predicted octanol–water partition coefficient (Wildman–Crippen LogP) is 1.51. The molecule has 1 aromatic rings. The van der Waals surface area contributed by atoms with Crippen LogP contribution < -0.4 is 11.1 Å². The third kappa shape index (κ3) is 4.24. The molecule has 0 aliphatic rings. The number of azide groups is 1. The van der Waals surface area contributed by atoms with Crippen molar-refractivity contribution in [2.75, 3.05) is 13.1 Å². The van der Waals surface area contributed by atoms with E-state index in [0.29, 0.717) is 5.56 Å². The van der Waals surface area contributed by atoms with Crippen molar-refractivity contribution in [1.29, 1.82) is 0 Å². The summed E-state index contributed by atoms with van der Waals surface area (Å²) in [6.07, 6.45) is 0.130. The van der Waals surface area contributed by atoms with Crippen LogP contribution in [0, 0.1) is 5.82 Å². The molecule has 0 spiro atoms. The summed E-state index contributed by atoms with van der Waals surface area (Å²) in [4.78, 5) is 14.1. The van der Waals surface area contributed by atoms with Gasteiger partial charge in [0.2, 0.25) is 5.91 Å². The molecule has 19 heavy (non-hydrogen) atoms. The lowest BCUT2D eigenvalue weighted by Gasteiger charge is -2.27. The van der Waals surface area contributed by atoms with E-state index in [1.165, 1.54) is 6.07 Å². The quantitative estimate of drug-likeness (QED) is 0.337. The molecule has 7 heteroatoms. The van der Waals surface area contributed by atoms with Gasteiger partial charge in [0.05, 0.1) is 5.54 Å². The Labute approximate surface area is 110 Å². The van der Waals surface area contributed by atoms with E-state index in [2.05, 4.69) is 15.3 Å². The number of rotatable bonds is 7. The summed E-state index contributed by atoms with van der Waals surface area (Å²) < 4.78 is 13.6. The van der Waals surface area contributed by atoms with Gasteiger partial charge in [-0.05, 0) is 24.1 Å². The fourth-order valence-electron chi connectivity index (χ4n) is 1.69. The lowest BCUT2D eigenvalue weighted by Crippen LogP contribution is -2.55. The molecule has 1 atom stereocenters. The highest BCUT2D eigenvalue weighted by Crippen LogP contribution is 2.16. The first-order valence-corrected chi connectivity index (χ1v) is 5.79. The van der Waals surface area contributed by atoms with E-state index < -0.39 is 11.4 Å². The first kappa shape index (κ1) is 14.9. The third-order valence-corrected chi connectivity index (χ3v) is 2.84. The van der Waals surface area contributed by atoms with Crippen LogP contribution in [0.2, 0.25) is 0 Å². The van der Waals surface area contributed by atoms with Crippen molar-refractivity contribution in [1.82, 2.24) is 5.32 Å². The number of carbonyl (C=O) groups excluding carboxylic acids is 1. The van der Waals surface area contributed by atoms with Crippen molar-refractivity contribution in [3.05, 3.63) is 46.1 Å². The summed E-state index contributed by atoms with van der Waals surface area (Å²) in [5, 5.41) is 6.25. The minimum atomic E-state index is -1.09. The van der Waals surface area contributed by atoms with Gasteiger partial charge in [0, 0.05) is 24.4 Å². The van der Waals surface area contributed by atoms with Crippen molar-refractivity contribution >= 4 is 5.91 Å². The topological polar surface area (TPSA) is 104 Å². The Hall–Kier alpha value is -2.11. The molecule has 0 saturated heterocycles. The molecule has 0 saturated carbocycles. The minimum Gasteiger partial charge on any atom is -0.368 e. The van der Waals surface area contributed by atoms with Crippen molar-refractivity contribution < 1.29 is 9.18 Å². The van der Waals surface area contributed by atoms with Crippen LogP contribution in [0.1, 0.15) is 12.5 Å². The number of carbonyl (C=O) groups is 1. The van der Waals surface area contributed by atoms with E-state index in [9.17, 15) is 9.18 Å². The summed E-state index contributed by atoms with van der Waals surface area (Å²) in [6.45, 7) is 2.08. The molecule has 0 aromatic heterocycles. The van der Waals surface area contributed by atoms with Crippen LogP contribution in [0.5, 0.6) is 0 Å². The van der Waals surface area contributed by atoms with Crippen LogP contribution >= 0.6 is 0 Å². The number of primary amides is 1. The largest absolute Gasteiger partial charge is 0.368 e. The molecule has 0 radical (unpaired) electrons. The highest BCUT2D eigenvalue weighted by molar-refractivity contribution is 5.84. The third-order valence-electron chi connectivity index (χ3n) is 2.84. The molecule has 0 aliphatic heterocycles. The van der Waals surface area contributed by atoms with Gasteiger partial charge in [-0.3, -0.25) is 4.79 Å². The first-order chi connectivity index (χ1) is 8.99. The number of amides is 1. The summed E-state index contributed by atoms with van der Waals surface area (Å²) in [6, 6.07) is 6.21. The van der Waals surface area contributed by atoms with Crippen LogP contribution in [0.15, 0.2) is 29.4 Å². The number of nitrogens with two attached hydrogens (primary N) is 1. The summed E-state index contributed by atoms with van der Waals surface area (Å²) >= 11 is 0. The summed E-state index contributed by atoms with van der Waals surface area (Å²) in [5.74, 6) is -0.969. The molecule has 0 aliphatic carbocycles. The zero-order valence-corrected chi connectivity index (χ0v) is 10.6. The molecule has 102 valence electrons. The molecule has 1 aromatic carbocycles. The Bertz CT molecular complexity index is 501. The van der Waals surface area contributed by atoms with Gasteiger partial charge < -0.3 is 11.1 Å². The van der Waals surface area contributed by atoms with E-state index >= 15 is 0 Å². The standard InChI is InChI=1S/C12H16FN5O/c1-12(11(14)19,16-6-7-17-18-15)8-9-4-2-3-5-10(9)13/h2-5,16H,6-8H2,1H3,(H2,14,19). The van der Waals surface area contributed by atoms with Crippen LogP contribution in [0.4, 0.5) is 4.39 Å². The van der Waals surface area contributed by atoms with Gasteiger partial charge in [-0.2, -0.15) is 0 Å². The lowest BCUT2D eigenvalue weighted by atomic mass is 9.91. The fraction of sp³-hybridized carbons (Fsp3) is 0.417. The number of nitrogens with one attached hydrogen (secondary N) is 1. The molecule has 6 nitrogen and oxygen atoms in total. The second kappa shape index (κ2) is 6.72. The molecule has 3 N–H and O–H groups in total. The molecule has 1 rings (SSSR count). The lowest BCUT2D eigenvalue weighted by molar-refractivity contribution is -0.123. The van der Waals surface area contributed by atoms with Gasteiger partial charge in [0.25, 0.3) is 0 Å². The average Bonchev–Trinajstić information content (AvgIpc) is 2.37. The normalized spacial score (nSPS) is 13.4. The summed E-state index contributed by atoms with van der Waals surface area (Å²) in [5.41, 5.74) is 12.8. The molecule has 0 fully saturated rings. The molecule has 1 unspecified atom stereocenters. The maximum Gasteiger partial charge on any atom is 0.237 e. The van der Waals surface area contributed by atoms with Crippen molar-refractivity contribution in [3.8, 4) is 0 Å².